The highest BCUT2D eigenvalue weighted by Crippen LogP contribution is 2.29. The van der Waals surface area contributed by atoms with Gasteiger partial charge in [-0.15, -0.1) is 0 Å². The van der Waals surface area contributed by atoms with Gasteiger partial charge in [0.2, 0.25) is 0 Å². The summed E-state index contributed by atoms with van der Waals surface area (Å²) in [5, 5.41) is 10.4. The Morgan fingerprint density at radius 3 is 2.68 bits per heavy atom. The minimum absolute atomic E-state index is 0.167. The Bertz CT molecular complexity index is 626. The van der Waals surface area contributed by atoms with Crippen LogP contribution in [0, 0.1) is 13.8 Å². The maximum Gasteiger partial charge on any atom is 0.338 e. The zero-order valence-corrected chi connectivity index (χ0v) is 12.7. The lowest BCUT2D eigenvalue weighted by atomic mass is 10.3. The van der Waals surface area contributed by atoms with Crippen LogP contribution in [0.15, 0.2) is 38.9 Å². The SMILES string of the molecule is Cc1cc(C)nc(Sc2ncc(Br)cc2C(=O)O)c1. The van der Waals surface area contributed by atoms with Crippen molar-refractivity contribution in [2.24, 2.45) is 0 Å². The van der Waals surface area contributed by atoms with Crippen LogP contribution in [0.3, 0.4) is 0 Å². The van der Waals surface area contributed by atoms with E-state index in [2.05, 4.69) is 25.9 Å². The Hall–Kier alpha value is -1.40. The molecule has 0 fully saturated rings. The number of pyridine rings is 2. The van der Waals surface area contributed by atoms with Gasteiger partial charge in [0.05, 0.1) is 5.56 Å². The van der Waals surface area contributed by atoms with Gasteiger partial charge in [0.25, 0.3) is 0 Å². The molecule has 2 aromatic rings. The number of hydrogen-bond donors (Lipinski definition) is 1. The molecule has 0 aliphatic rings. The second-order valence-electron chi connectivity index (χ2n) is 4.04. The van der Waals surface area contributed by atoms with Gasteiger partial charge >= 0.3 is 5.97 Å². The molecule has 2 rings (SSSR count). The smallest absolute Gasteiger partial charge is 0.338 e. The average molecular weight is 339 g/mol. The molecule has 0 amide bonds. The monoisotopic (exact) mass is 338 g/mol. The minimum Gasteiger partial charge on any atom is -0.478 e. The normalized spacial score (nSPS) is 10.5. The van der Waals surface area contributed by atoms with E-state index in [1.54, 1.807) is 12.3 Å². The largest absolute Gasteiger partial charge is 0.478 e. The molecule has 0 saturated heterocycles. The summed E-state index contributed by atoms with van der Waals surface area (Å²) in [5.74, 6) is -0.999. The van der Waals surface area contributed by atoms with Crippen LogP contribution in [0.5, 0.6) is 0 Å². The van der Waals surface area contributed by atoms with E-state index in [1.807, 2.05) is 26.0 Å². The van der Waals surface area contributed by atoms with Crippen molar-refractivity contribution in [1.29, 1.82) is 0 Å². The molecule has 0 aromatic carbocycles. The van der Waals surface area contributed by atoms with E-state index in [9.17, 15) is 9.90 Å². The van der Waals surface area contributed by atoms with Gasteiger partial charge < -0.3 is 5.11 Å². The van der Waals surface area contributed by atoms with Crippen LogP contribution < -0.4 is 0 Å². The Kier molecular flexibility index (Phi) is 4.21. The standard InChI is InChI=1S/C13H11BrN2O2S/c1-7-3-8(2)16-11(4-7)19-12-10(13(17)18)5-9(14)6-15-12/h3-6H,1-2H3,(H,17,18). The first-order chi connectivity index (χ1) is 8.95. The maximum atomic E-state index is 11.2. The summed E-state index contributed by atoms with van der Waals surface area (Å²) >= 11 is 4.48. The zero-order chi connectivity index (χ0) is 14.0. The summed E-state index contributed by atoms with van der Waals surface area (Å²) in [5.41, 5.74) is 2.15. The van der Waals surface area contributed by atoms with Gasteiger partial charge in [-0.05, 0) is 65.3 Å². The molecule has 0 aliphatic heterocycles. The first-order valence-electron chi connectivity index (χ1n) is 5.47. The molecule has 19 heavy (non-hydrogen) atoms. The van der Waals surface area contributed by atoms with Crippen LogP contribution in [-0.2, 0) is 0 Å². The van der Waals surface area contributed by atoms with Crippen molar-refractivity contribution in [2.75, 3.05) is 0 Å². The van der Waals surface area contributed by atoms with Crippen LogP contribution in [0.2, 0.25) is 0 Å². The summed E-state index contributed by atoms with van der Waals surface area (Å²) in [6.45, 7) is 3.88. The van der Waals surface area contributed by atoms with Crippen molar-refractivity contribution in [2.45, 2.75) is 23.9 Å². The Labute approximate surface area is 123 Å². The molecule has 6 heteroatoms. The highest BCUT2D eigenvalue weighted by molar-refractivity contribution is 9.10. The lowest BCUT2D eigenvalue weighted by Gasteiger charge is -2.06. The van der Waals surface area contributed by atoms with Crippen molar-refractivity contribution >= 4 is 33.7 Å². The minimum atomic E-state index is -0.999. The van der Waals surface area contributed by atoms with E-state index in [1.165, 1.54) is 11.8 Å². The molecule has 0 radical (unpaired) electrons. The number of rotatable bonds is 3. The lowest BCUT2D eigenvalue weighted by Crippen LogP contribution is -2.01. The van der Waals surface area contributed by atoms with Crippen molar-refractivity contribution in [3.8, 4) is 0 Å². The molecule has 2 heterocycles. The van der Waals surface area contributed by atoms with Crippen LogP contribution in [-0.4, -0.2) is 21.0 Å². The van der Waals surface area contributed by atoms with E-state index < -0.39 is 5.97 Å². The first kappa shape index (κ1) is 14.0. The molecule has 4 nitrogen and oxygen atoms in total. The topological polar surface area (TPSA) is 63.1 Å². The summed E-state index contributed by atoms with van der Waals surface area (Å²) < 4.78 is 0.641. The Balaban J connectivity index is 2.40. The van der Waals surface area contributed by atoms with Crippen molar-refractivity contribution < 1.29 is 9.90 Å². The number of hydrogen-bond acceptors (Lipinski definition) is 4. The van der Waals surface area contributed by atoms with E-state index in [0.717, 1.165) is 16.3 Å². The van der Waals surface area contributed by atoms with Gasteiger partial charge in [-0.1, -0.05) is 0 Å². The number of halogens is 1. The van der Waals surface area contributed by atoms with Crippen LogP contribution in [0.1, 0.15) is 21.6 Å². The lowest BCUT2D eigenvalue weighted by molar-refractivity contribution is 0.0692. The van der Waals surface area contributed by atoms with Gasteiger partial charge in [-0.2, -0.15) is 0 Å². The molecule has 1 N–H and O–H groups in total. The molecular formula is C13H11BrN2O2S. The second-order valence-corrected chi connectivity index (χ2v) is 5.96. The molecular weight excluding hydrogens is 328 g/mol. The molecule has 0 spiro atoms. The predicted octanol–water partition coefficient (Wildman–Crippen LogP) is 3.71. The van der Waals surface area contributed by atoms with Crippen LogP contribution >= 0.6 is 27.7 Å². The van der Waals surface area contributed by atoms with Gasteiger partial charge in [-0.3, -0.25) is 0 Å². The van der Waals surface area contributed by atoms with Crippen molar-refractivity contribution in [3.05, 3.63) is 45.7 Å². The maximum absolute atomic E-state index is 11.2. The molecule has 98 valence electrons. The molecule has 0 bridgehead atoms. The highest BCUT2D eigenvalue weighted by atomic mass is 79.9. The van der Waals surface area contributed by atoms with E-state index in [0.29, 0.717) is 9.50 Å². The molecule has 2 aromatic heterocycles. The number of aromatic carboxylic acids is 1. The molecule has 0 atom stereocenters. The van der Waals surface area contributed by atoms with Gasteiger partial charge in [0.1, 0.15) is 10.1 Å². The summed E-state index contributed by atoms with van der Waals surface area (Å²) in [6, 6.07) is 5.42. The van der Waals surface area contributed by atoms with Crippen LogP contribution in [0.25, 0.3) is 0 Å². The fourth-order valence-corrected chi connectivity index (χ4v) is 2.94. The third kappa shape index (κ3) is 3.54. The third-order valence-corrected chi connectivity index (χ3v) is 3.69. The van der Waals surface area contributed by atoms with E-state index in [4.69, 9.17) is 0 Å². The van der Waals surface area contributed by atoms with Crippen molar-refractivity contribution in [3.63, 3.8) is 0 Å². The van der Waals surface area contributed by atoms with Gasteiger partial charge in [-0.25, -0.2) is 14.8 Å². The number of aromatic nitrogens is 2. The van der Waals surface area contributed by atoms with Gasteiger partial charge in [0, 0.05) is 16.4 Å². The number of carbonyl (C=O) groups is 1. The number of carboxylic acid groups (broad SMARTS) is 1. The Morgan fingerprint density at radius 2 is 2.05 bits per heavy atom. The zero-order valence-electron chi connectivity index (χ0n) is 10.3. The molecule has 0 saturated carbocycles. The summed E-state index contributed by atoms with van der Waals surface area (Å²) in [7, 11) is 0. The molecule has 0 aliphatic carbocycles. The molecule has 0 unspecified atom stereocenters. The average Bonchev–Trinajstić information content (AvgIpc) is 2.30. The highest BCUT2D eigenvalue weighted by Gasteiger charge is 2.14. The van der Waals surface area contributed by atoms with Crippen LogP contribution in [0.4, 0.5) is 0 Å². The fraction of sp³-hybridized carbons (Fsp3) is 0.154. The number of carboxylic acids is 1. The Morgan fingerprint density at radius 1 is 1.32 bits per heavy atom. The predicted molar refractivity (Wildman–Crippen MR) is 76.7 cm³/mol. The second kappa shape index (κ2) is 5.71. The van der Waals surface area contributed by atoms with E-state index >= 15 is 0 Å². The quantitative estimate of drug-likeness (QED) is 0.924. The fourth-order valence-electron chi connectivity index (χ4n) is 1.62. The third-order valence-electron chi connectivity index (χ3n) is 2.32. The summed E-state index contributed by atoms with van der Waals surface area (Å²) in [6.07, 6.45) is 1.58. The number of aryl methyl sites for hydroxylation is 2. The van der Waals surface area contributed by atoms with Crippen molar-refractivity contribution in [1.82, 2.24) is 9.97 Å². The van der Waals surface area contributed by atoms with E-state index in [-0.39, 0.29) is 5.56 Å². The summed E-state index contributed by atoms with van der Waals surface area (Å²) in [4.78, 5) is 19.7. The number of nitrogens with zero attached hydrogens (tertiary/aromatic N) is 2. The van der Waals surface area contributed by atoms with Gasteiger partial charge in [0.15, 0.2) is 0 Å². The first-order valence-corrected chi connectivity index (χ1v) is 7.08.